The van der Waals surface area contributed by atoms with Gasteiger partial charge in [0.2, 0.25) is 0 Å². The van der Waals surface area contributed by atoms with Crippen LogP contribution in [0.2, 0.25) is 5.02 Å². The summed E-state index contributed by atoms with van der Waals surface area (Å²) in [7, 11) is 0. The van der Waals surface area contributed by atoms with Crippen molar-refractivity contribution in [2.45, 2.75) is 30.6 Å². The predicted molar refractivity (Wildman–Crippen MR) is 77.6 cm³/mol. The fraction of sp³-hybridized carbons (Fsp3) is 0.400. The van der Waals surface area contributed by atoms with Crippen molar-refractivity contribution in [2.24, 2.45) is 5.92 Å². The van der Waals surface area contributed by atoms with E-state index in [0.29, 0.717) is 29.8 Å². The molecule has 1 aliphatic carbocycles. The molecule has 0 atom stereocenters. The van der Waals surface area contributed by atoms with Gasteiger partial charge in [-0.2, -0.15) is 0 Å². The van der Waals surface area contributed by atoms with Gasteiger partial charge in [0.25, 0.3) is 0 Å². The molecule has 0 bridgehead atoms. The highest BCUT2D eigenvalue weighted by atomic mass is 35.5. The molecule has 1 aliphatic heterocycles. The lowest BCUT2D eigenvalue weighted by Crippen LogP contribution is -2.35. The van der Waals surface area contributed by atoms with E-state index in [4.69, 9.17) is 11.6 Å². The molecular weight excluding hydrogens is 296 g/mol. The van der Waals surface area contributed by atoms with E-state index >= 15 is 0 Å². The Morgan fingerprint density at radius 3 is 2.55 bits per heavy atom. The van der Waals surface area contributed by atoms with Gasteiger partial charge in [-0.3, -0.25) is 14.4 Å². The molecule has 0 amide bonds. The first-order chi connectivity index (χ1) is 9.59. The molecule has 0 aromatic heterocycles. The van der Waals surface area contributed by atoms with Crippen LogP contribution in [-0.4, -0.2) is 23.1 Å². The summed E-state index contributed by atoms with van der Waals surface area (Å²) in [6, 6.07) is 3.51. The number of hydrogen-bond donors (Lipinski definition) is 0. The Balaban J connectivity index is 1.99. The van der Waals surface area contributed by atoms with Crippen LogP contribution in [0, 0.1) is 5.92 Å². The topological polar surface area (TPSA) is 51.2 Å². The number of carbonyl (C=O) groups is 3. The Kier molecular flexibility index (Phi) is 3.69. The van der Waals surface area contributed by atoms with Crippen LogP contribution in [0.1, 0.15) is 35.2 Å². The molecule has 5 heteroatoms. The molecule has 0 radical (unpaired) electrons. The summed E-state index contributed by atoms with van der Waals surface area (Å²) in [6.07, 6.45) is 1.99. The molecule has 20 heavy (non-hydrogen) atoms. The number of thioether (sulfide) groups is 1. The quantitative estimate of drug-likeness (QED) is 0.622. The van der Waals surface area contributed by atoms with E-state index in [2.05, 4.69) is 0 Å². The average molecular weight is 309 g/mol. The Morgan fingerprint density at radius 2 is 1.85 bits per heavy atom. The second-order valence-electron chi connectivity index (χ2n) is 5.09. The molecule has 1 aromatic rings. The fourth-order valence-corrected chi connectivity index (χ4v) is 4.26. The molecule has 3 rings (SSSR count). The number of rotatable bonds is 2. The van der Waals surface area contributed by atoms with Gasteiger partial charge in [0.15, 0.2) is 17.3 Å². The molecule has 2 aliphatic rings. The molecule has 0 N–H and O–H groups in total. The van der Waals surface area contributed by atoms with Crippen LogP contribution in [-0.2, 0) is 16.0 Å². The second kappa shape index (κ2) is 5.34. The Morgan fingerprint density at radius 1 is 1.15 bits per heavy atom. The first-order valence-corrected chi connectivity index (χ1v) is 8.00. The maximum absolute atomic E-state index is 12.5. The van der Waals surface area contributed by atoms with Crippen molar-refractivity contribution >= 4 is 40.7 Å². The lowest BCUT2D eigenvalue weighted by atomic mass is 9.81. The van der Waals surface area contributed by atoms with Crippen LogP contribution in [0.25, 0.3) is 0 Å². The third kappa shape index (κ3) is 2.21. The van der Waals surface area contributed by atoms with Gasteiger partial charge in [-0.1, -0.05) is 11.6 Å². The van der Waals surface area contributed by atoms with Gasteiger partial charge in [-0.05, 0) is 30.5 Å². The number of benzene rings is 1. The minimum Gasteiger partial charge on any atom is -0.298 e. The van der Waals surface area contributed by atoms with Crippen molar-refractivity contribution in [3.8, 4) is 0 Å². The Labute approximate surface area is 126 Å². The van der Waals surface area contributed by atoms with Crippen LogP contribution in [0.4, 0.5) is 0 Å². The van der Waals surface area contributed by atoms with Crippen molar-refractivity contribution in [1.82, 2.24) is 0 Å². The first kappa shape index (κ1) is 13.8. The molecule has 1 saturated carbocycles. The number of Topliss-reactive ketones (excluding diaryl/α,β-unsaturated/α-hetero) is 3. The minimum atomic E-state index is -1.13. The van der Waals surface area contributed by atoms with Crippen molar-refractivity contribution in [3.05, 3.63) is 28.3 Å². The molecule has 0 saturated heterocycles. The standard InChI is InChI=1S/C15H13ClO3S/c16-14-8-6-7-20-12(8)5-4-9(14)15(19)13-10(17)2-1-3-11(13)18/h4-5,13H,1-3,6-7H2. The molecule has 0 unspecified atom stereocenters. The summed E-state index contributed by atoms with van der Waals surface area (Å²) >= 11 is 8.02. The number of halogens is 1. The largest absolute Gasteiger partial charge is 0.298 e. The van der Waals surface area contributed by atoms with Crippen LogP contribution < -0.4 is 0 Å². The first-order valence-electron chi connectivity index (χ1n) is 6.63. The number of hydrogen-bond acceptors (Lipinski definition) is 4. The highest BCUT2D eigenvalue weighted by Gasteiger charge is 2.37. The lowest BCUT2D eigenvalue weighted by Gasteiger charge is -2.19. The summed E-state index contributed by atoms with van der Waals surface area (Å²) in [5.74, 6) is -1.14. The second-order valence-corrected chi connectivity index (χ2v) is 6.60. The zero-order chi connectivity index (χ0) is 14.3. The SMILES string of the molecule is O=C1CCCC(=O)C1C(=O)c1ccc2c(c1Cl)CCS2. The zero-order valence-corrected chi connectivity index (χ0v) is 12.4. The molecule has 0 spiro atoms. The highest BCUT2D eigenvalue weighted by Crippen LogP contribution is 2.38. The third-order valence-corrected chi connectivity index (χ3v) is 5.36. The van der Waals surface area contributed by atoms with Gasteiger partial charge in [0.05, 0.1) is 5.02 Å². The van der Waals surface area contributed by atoms with Gasteiger partial charge in [0, 0.05) is 29.1 Å². The lowest BCUT2D eigenvalue weighted by molar-refractivity contribution is -0.133. The normalized spacial score (nSPS) is 19.2. The van der Waals surface area contributed by atoms with E-state index in [1.54, 1.807) is 17.8 Å². The van der Waals surface area contributed by atoms with E-state index in [-0.39, 0.29) is 11.6 Å². The summed E-state index contributed by atoms with van der Waals surface area (Å²) in [6.45, 7) is 0. The Hall–Kier alpha value is -1.13. The van der Waals surface area contributed by atoms with Gasteiger partial charge in [0.1, 0.15) is 5.92 Å². The van der Waals surface area contributed by atoms with Crippen LogP contribution in [0.5, 0.6) is 0 Å². The van der Waals surface area contributed by atoms with Crippen LogP contribution in [0.15, 0.2) is 17.0 Å². The molecule has 1 heterocycles. The maximum Gasteiger partial charge on any atom is 0.182 e. The van der Waals surface area contributed by atoms with Crippen molar-refractivity contribution in [3.63, 3.8) is 0 Å². The Bertz CT molecular complexity index is 608. The third-order valence-electron chi connectivity index (χ3n) is 3.83. The van der Waals surface area contributed by atoms with Gasteiger partial charge < -0.3 is 0 Å². The summed E-state index contributed by atoms with van der Waals surface area (Å²) in [4.78, 5) is 37.4. The van der Waals surface area contributed by atoms with E-state index in [9.17, 15) is 14.4 Å². The zero-order valence-electron chi connectivity index (χ0n) is 10.8. The molecule has 104 valence electrons. The van der Waals surface area contributed by atoms with E-state index in [0.717, 1.165) is 22.6 Å². The fourth-order valence-electron chi connectivity index (χ4n) is 2.78. The summed E-state index contributed by atoms with van der Waals surface area (Å²) in [5.41, 5.74) is 1.29. The van der Waals surface area contributed by atoms with E-state index in [1.807, 2.05) is 6.07 Å². The van der Waals surface area contributed by atoms with Crippen LogP contribution >= 0.6 is 23.4 Å². The maximum atomic E-state index is 12.5. The number of fused-ring (bicyclic) bond motifs is 1. The molecule has 3 nitrogen and oxygen atoms in total. The van der Waals surface area contributed by atoms with Crippen molar-refractivity contribution in [1.29, 1.82) is 0 Å². The van der Waals surface area contributed by atoms with Gasteiger partial charge in [-0.15, -0.1) is 11.8 Å². The monoisotopic (exact) mass is 308 g/mol. The predicted octanol–water partition coefficient (Wildman–Crippen LogP) is 3.11. The highest BCUT2D eigenvalue weighted by molar-refractivity contribution is 7.99. The smallest absolute Gasteiger partial charge is 0.182 e. The van der Waals surface area contributed by atoms with E-state index in [1.165, 1.54) is 0 Å². The van der Waals surface area contributed by atoms with Crippen molar-refractivity contribution in [2.75, 3.05) is 5.75 Å². The van der Waals surface area contributed by atoms with Crippen molar-refractivity contribution < 1.29 is 14.4 Å². The minimum absolute atomic E-state index is 0.266. The number of ketones is 3. The van der Waals surface area contributed by atoms with E-state index < -0.39 is 11.7 Å². The molecular formula is C15H13ClO3S. The summed E-state index contributed by atoms with van der Waals surface area (Å²) in [5, 5.41) is 0.420. The molecule has 1 aromatic carbocycles. The van der Waals surface area contributed by atoms with Gasteiger partial charge in [-0.25, -0.2) is 0 Å². The number of carbonyl (C=O) groups excluding carboxylic acids is 3. The van der Waals surface area contributed by atoms with Crippen LogP contribution in [0.3, 0.4) is 0 Å². The molecule has 1 fully saturated rings. The summed E-state index contributed by atoms with van der Waals surface area (Å²) < 4.78 is 0. The van der Waals surface area contributed by atoms with Gasteiger partial charge >= 0.3 is 0 Å². The average Bonchev–Trinajstić information content (AvgIpc) is 2.88.